The van der Waals surface area contributed by atoms with Crippen LogP contribution in [0.25, 0.3) is 0 Å². The van der Waals surface area contributed by atoms with E-state index >= 15 is 0 Å². The molecule has 6 heteroatoms. The van der Waals surface area contributed by atoms with Crippen molar-refractivity contribution in [3.05, 3.63) is 66.0 Å². The summed E-state index contributed by atoms with van der Waals surface area (Å²) < 4.78 is 13.5. The van der Waals surface area contributed by atoms with Crippen LogP contribution in [0.4, 0.5) is 10.1 Å². The number of imide groups is 1. The van der Waals surface area contributed by atoms with Gasteiger partial charge in [-0.25, -0.2) is 9.29 Å². The number of amides is 2. The lowest BCUT2D eigenvalue weighted by atomic mass is 10.1. The van der Waals surface area contributed by atoms with E-state index in [1.807, 2.05) is 6.07 Å². The molecule has 1 atom stereocenters. The monoisotopic (exact) mass is 369 g/mol. The second-order valence-corrected chi connectivity index (χ2v) is 7.37. The fourth-order valence-electron chi connectivity index (χ4n) is 4.17. The fourth-order valence-corrected chi connectivity index (χ4v) is 4.17. The molecule has 2 amide bonds. The first-order chi connectivity index (χ1) is 13.1. The Morgan fingerprint density at radius 3 is 2.41 bits per heavy atom. The van der Waals surface area contributed by atoms with Crippen LogP contribution in [0.15, 0.2) is 54.6 Å². The number of rotatable bonds is 4. The lowest BCUT2D eigenvalue weighted by Crippen LogP contribution is -3.29. The maximum Gasteiger partial charge on any atom is 0.292 e. The molecule has 2 heterocycles. The Morgan fingerprint density at radius 2 is 1.70 bits per heavy atom. The van der Waals surface area contributed by atoms with E-state index in [1.54, 1.807) is 6.07 Å². The third kappa shape index (κ3) is 3.77. The molecule has 0 unspecified atom stereocenters. The molecule has 2 N–H and O–H groups in total. The normalized spacial score (nSPS) is 25.8. The van der Waals surface area contributed by atoms with Gasteiger partial charge >= 0.3 is 0 Å². The number of piperazine rings is 1. The zero-order valence-corrected chi connectivity index (χ0v) is 15.2. The Labute approximate surface area is 158 Å². The summed E-state index contributed by atoms with van der Waals surface area (Å²) in [5, 5.41) is 0. The fraction of sp³-hybridized carbons (Fsp3) is 0.333. The SMILES string of the molecule is O=C1C[C@@H]([NH+]2CC[NH+](Cc3ccccc3)CC2)C(=O)N1c1cccc(F)c1. The van der Waals surface area contributed by atoms with Gasteiger partial charge in [-0.15, -0.1) is 0 Å². The van der Waals surface area contributed by atoms with E-state index in [1.165, 1.54) is 33.6 Å². The van der Waals surface area contributed by atoms with Gasteiger partial charge in [-0.1, -0.05) is 36.4 Å². The molecular formula is C21H24FN3O2+2. The lowest BCUT2D eigenvalue weighted by Gasteiger charge is -2.32. The number of hydrogen-bond acceptors (Lipinski definition) is 2. The minimum atomic E-state index is -0.443. The van der Waals surface area contributed by atoms with Crippen LogP contribution >= 0.6 is 0 Å². The van der Waals surface area contributed by atoms with Gasteiger partial charge in [-0.3, -0.25) is 9.59 Å². The Bertz CT molecular complexity index is 834. The number of halogens is 1. The average Bonchev–Trinajstić information content (AvgIpc) is 2.97. The van der Waals surface area contributed by atoms with E-state index in [-0.39, 0.29) is 24.3 Å². The van der Waals surface area contributed by atoms with Crippen molar-refractivity contribution in [1.82, 2.24) is 0 Å². The molecule has 140 valence electrons. The van der Waals surface area contributed by atoms with Gasteiger partial charge in [0, 0.05) is 5.56 Å². The Hall–Kier alpha value is -2.57. The molecule has 0 aromatic heterocycles. The van der Waals surface area contributed by atoms with Crippen molar-refractivity contribution < 1.29 is 23.8 Å². The smallest absolute Gasteiger partial charge is 0.292 e. The van der Waals surface area contributed by atoms with Crippen molar-refractivity contribution in [2.24, 2.45) is 0 Å². The maximum atomic E-state index is 13.5. The summed E-state index contributed by atoms with van der Waals surface area (Å²) in [7, 11) is 0. The minimum absolute atomic E-state index is 0.202. The Balaban J connectivity index is 1.39. The van der Waals surface area contributed by atoms with Gasteiger partial charge in [0.15, 0.2) is 6.04 Å². The van der Waals surface area contributed by atoms with Crippen molar-refractivity contribution in [2.75, 3.05) is 31.1 Å². The predicted molar refractivity (Wildman–Crippen MR) is 98.8 cm³/mol. The van der Waals surface area contributed by atoms with Gasteiger partial charge in [0.2, 0.25) is 5.91 Å². The molecule has 2 saturated heterocycles. The number of carbonyl (C=O) groups is 2. The highest BCUT2D eigenvalue weighted by Gasteiger charge is 2.47. The van der Waals surface area contributed by atoms with Crippen LogP contribution in [0.2, 0.25) is 0 Å². The number of quaternary nitrogens is 2. The summed E-state index contributed by atoms with van der Waals surface area (Å²) in [4.78, 5) is 29.1. The number of nitrogens with one attached hydrogen (secondary N) is 2. The Kier molecular flexibility index (Phi) is 5.01. The van der Waals surface area contributed by atoms with Gasteiger partial charge in [-0.2, -0.15) is 0 Å². The molecule has 5 nitrogen and oxygen atoms in total. The van der Waals surface area contributed by atoms with Crippen molar-refractivity contribution in [3.63, 3.8) is 0 Å². The van der Waals surface area contributed by atoms with Crippen LogP contribution in [0.5, 0.6) is 0 Å². The van der Waals surface area contributed by atoms with E-state index < -0.39 is 5.82 Å². The molecular weight excluding hydrogens is 345 g/mol. The summed E-state index contributed by atoms with van der Waals surface area (Å²) in [6.07, 6.45) is 0.207. The molecule has 2 aliphatic rings. The summed E-state index contributed by atoms with van der Waals surface area (Å²) in [6, 6.07) is 15.8. The average molecular weight is 369 g/mol. The van der Waals surface area contributed by atoms with Crippen molar-refractivity contribution >= 4 is 17.5 Å². The molecule has 0 bridgehead atoms. The van der Waals surface area contributed by atoms with Crippen LogP contribution in [-0.2, 0) is 16.1 Å². The molecule has 2 aliphatic heterocycles. The van der Waals surface area contributed by atoms with Gasteiger partial charge in [0.1, 0.15) is 38.5 Å². The highest BCUT2D eigenvalue weighted by Crippen LogP contribution is 2.22. The molecule has 0 saturated carbocycles. The van der Waals surface area contributed by atoms with Gasteiger partial charge in [-0.05, 0) is 18.2 Å². The molecule has 2 aromatic carbocycles. The summed E-state index contributed by atoms with van der Waals surface area (Å²) in [6.45, 7) is 4.66. The van der Waals surface area contributed by atoms with E-state index in [9.17, 15) is 14.0 Å². The molecule has 27 heavy (non-hydrogen) atoms. The van der Waals surface area contributed by atoms with Gasteiger partial charge in [0.05, 0.1) is 12.1 Å². The van der Waals surface area contributed by atoms with Crippen LogP contribution in [0, 0.1) is 5.82 Å². The maximum absolute atomic E-state index is 13.5. The summed E-state index contributed by atoms with van der Waals surface area (Å²) >= 11 is 0. The lowest BCUT2D eigenvalue weighted by molar-refractivity contribution is -1.02. The number of hydrogen-bond donors (Lipinski definition) is 2. The molecule has 2 fully saturated rings. The van der Waals surface area contributed by atoms with Crippen molar-refractivity contribution in [2.45, 2.75) is 19.0 Å². The first-order valence-corrected chi connectivity index (χ1v) is 9.46. The summed E-state index contributed by atoms with van der Waals surface area (Å²) in [5.41, 5.74) is 1.65. The molecule has 0 radical (unpaired) electrons. The molecule has 2 aromatic rings. The first-order valence-electron chi connectivity index (χ1n) is 9.46. The highest BCUT2D eigenvalue weighted by atomic mass is 19.1. The first kappa shape index (κ1) is 17.8. The Morgan fingerprint density at radius 1 is 0.963 bits per heavy atom. The second kappa shape index (κ2) is 7.58. The van der Waals surface area contributed by atoms with Crippen LogP contribution < -0.4 is 14.7 Å². The van der Waals surface area contributed by atoms with Crippen LogP contribution in [-0.4, -0.2) is 44.0 Å². The van der Waals surface area contributed by atoms with Crippen molar-refractivity contribution in [3.8, 4) is 0 Å². The van der Waals surface area contributed by atoms with E-state index in [2.05, 4.69) is 24.3 Å². The predicted octanol–water partition coefficient (Wildman–Crippen LogP) is -0.559. The minimum Gasteiger partial charge on any atom is -0.322 e. The second-order valence-electron chi connectivity index (χ2n) is 7.37. The topological polar surface area (TPSA) is 46.3 Å². The number of carbonyl (C=O) groups excluding carboxylic acids is 2. The molecule has 0 aliphatic carbocycles. The third-order valence-corrected chi connectivity index (χ3v) is 5.60. The number of anilines is 1. The highest BCUT2D eigenvalue weighted by molar-refractivity contribution is 6.21. The van der Waals surface area contributed by atoms with Gasteiger partial charge < -0.3 is 9.80 Å². The van der Waals surface area contributed by atoms with E-state index in [4.69, 9.17) is 0 Å². The number of benzene rings is 2. The zero-order valence-electron chi connectivity index (χ0n) is 15.2. The van der Waals surface area contributed by atoms with Crippen LogP contribution in [0.1, 0.15) is 12.0 Å². The number of nitrogens with zero attached hydrogens (tertiary/aromatic N) is 1. The quantitative estimate of drug-likeness (QED) is 0.710. The van der Waals surface area contributed by atoms with Crippen LogP contribution in [0.3, 0.4) is 0 Å². The standard InChI is InChI=1S/C21H22FN3O2/c22-17-7-4-8-18(13-17)25-20(26)14-19(21(25)27)24-11-9-23(10-12-24)15-16-5-2-1-3-6-16/h1-8,13,19H,9-12,14-15H2/p+2/t19-/m1/s1. The molecule has 0 spiro atoms. The third-order valence-electron chi connectivity index (χ3n) is 5.60. The molecule has 4 rings (SSSR count). The van der Waals surface area contributed by atoms with Crippen molar-refractivity contribution in [1.29, 1.82) is 0 Å². The van der Waals surface area contributed by atoms with E-state index in [0.29, 0.717) is 5.69 Å². The summed E-state index contributed by atoms with van der Waals surface area (Å²) in [5.74, 6) is -0.878. The van der Waals surface area contributed by atoms with Gasteiger partial charge in [0.25, 0.3) is 5.91 Å². The van der Waals surface area contributed by atoms with E-state index in [0.717, 1.165) is 37.6 Å². The largest absolute Gasteiger partial charge is 0.322 e. The zero-order chi connectivity index (χ0) is 18.8.